The summed E-state index contributed by atoms with van der Waals surface area (Å²) < 4.78 is 11.1. The van der Waals surface area contributed by atoms with Gasteiger partial charge < -0.3 is 19.8 Å². The van der Waals surface area contributed by atoms with Crippen LogP contribution in [0.15, 0.2) is 22.6 Å². The van der Waals surface area contributed by atoms with Crippen LogP contribution in [-0.4, -0.2) is 31.3 Å². The van der Waals surface area contributed by atoms with Crippen molar-refractivity contribution in [1.29, 1.82) is 0 Å². The number of ether oxygens (including phenoxy) is 1. The van der Waals surface area contributed by atoms with Crippen molar-refractivity contribution in [3.05, 3.63) is 18.2 Å². The van der Waals surface area contributed by atoms with Gasteiger partial charge in [-0.05, 0) is 25.0 Å². The number of nitrogens with two attached hydrogens (primary N) is 1. The molecule has 1 aliphatic rings. The maximum absolute atomic E-state index is 5.76. The van der Waals surface area contributed by atoms with Gasteiger partial charge in [-0.1, -0.05) is 0 Å². The molecular formula is C13H17N3O2. The second kappa shape index (κ2) is 4.49. The highest BCUT2D eigenvalue weighted by Gasteiger charge is 2.22. The third kappa shape index (κ3) is 2.01. The maximum Gasteiger partial charge on any atom is 0.298 e. The van der Waals surface area contributed by atoms with Crippen molar-refractivity contribution in [3.8, 4) is 0 Å². The molecule has 0 amide bonds. The number of nitrogens with zero attached hydrogens (tertiary/aromatic N) is 2. The van der Waals surface area contributed by atoms with Crippen molar-refractivity contribution >= 4 is 22.8 Å². The molecule has 0 radical (unpaired) electrons. The number of hydrogen-bond donors (Lipinski definition) is 1. The number of anilines is 2. The Balaban J connectivity index is 1.88. The first-order valence-electron chi connectivity index (χ1n) is 6.21. The number of oxazole rings is 1. The van der Waals surface area contributed by atoms with Crippen LogP contribution in [0.5, 0.6) is 0 Å². The van der Waals surface area contributed by atoms with E-state index in [1.807, 2.05) is 25.2 Å². The smallest absolute Gasteiger partial charge is 0.298 e. The molecule has 0 atom stereocenters. The minimum absolute atomic E-state index is 0.434. The zero-order chi connectivity index (χ0) is 12.5. The van der Waals surface area contributed by atoms with Gasteiger partial charge in [0, 0.05) is 38.1 Å². The topological polar surface area (TPSA) is 64.5 Å². The average molecular weight is 247 g/mol. The summed E-state index contributed by atoms with van der Waals surface area (Å²) in [7, 11) is 2.02. The van der Waals surface area contributed by atoms with Gasteiger partial charge in [0.2, 0.25) is 0 Å². The Labute approximate surface area is 106 Å². The van der Waals surface area contributed by atoms with E-state index in [9.17, 15) is 0 Å². The zero-order valence-corrected chi connectivity index (χ0v) is 10.4. The lowest BCUT2D eigenvalue weighted by molar-refractivity contribution is 0.0847. The standard InChI is InChI=1S/C13H17N3O2/c1-16(10-4-6-17-7-5-10)13-15-11-3-2-9(14)8-12(11)18-13/h2-3,8,10H,4-7,14H2,1H3. The van der Waals surface area contributed by atoms with Crippen LogP contribution in [0.3, 0.4) is 0 Å². The first-order chi connectivity index (χ1) is 8.74. The highest BCUT2D eigenvalue weighted by Crippen LogP contribution is 2.26. The summed E-state index contributed by atoms with van der Waals surface area (Å²) in [5.41, 5.74) is 8.01. The molecule has 0 unspecified atom stereocenters. The van der Waals surface area contributed by atoms with E-state index in [-0.39, 0.29) is 0 Å². The van der Waals surface area contributed by atoms with Crippen molar-refractivity contribution in [2.45, 2.75) is 18.9 Å². The largest absolute Gasteiger partial charge is 0.423 e. The number of nitrogen functional groups attached to an aromatic ring is 1. The summed E-state index contributed by atoms with van der Waals surface area (Å²) in [6, 6.07) is 6.62. The number of fused-ring (bicyclic) bond motifs is 1. The van der Waals surface area contributed by atoms with E-state index < -0.39 is 0 Å². The van der Waals surface area contributed by atoms with Gasteiger partial charge >= 0.3 is 0 Å². The van der Waals surface area contributed by atoms with Gasteiger partial charge in [-0.3, -0.25) is 0 Å². The second-order valence-electron chi connectivity index (χ2n) is 4.68. The lowest BCUT2D eigenvalue weighted by Gasteiger charge is -2.29. The molecule has 5 nitrogen and oxygen atoms in total. The Morgan fingerprint density at radius 2 is 2.11 bits per heavy atom. The van der Waals surface area contributed by atoms with E-state index >= 15 is 0 Å². The van der Waals surface area contributed by atoms with E-state index in [1.165, 1.54) is 0 Å². The highest BCUT2D eigenvalue weighted by molar-refractivity contribution is 5.78. The van der Waals surface area contributed by atoms with Crippen LogP contribution >= 0.6 is 0 Å². The van der Waals surface area contributed by atoms with Crippen LogP contribution in [0.25, 0.3) is 11.1 Å². The molecule has 3 rings (SSSR count). The van der Waals surface area contributed by atoms with Gasteiger partial charge in [0.05, 0.1) is 0 Å². The summed E-state index contributed by atoms with van der Waals surface area (Å²) in [5.74, 6) is 0. The highest BCUT2D eigenvalue weighted by atomic mass is 16.5. The van der Waals surface area contributed by atoms with E-state index in [0.29, 0.717) is 17.7 Å². The van der Waals surface area contributed by atoms with E-state index in [1.54, 1.807) is 0 Å². The Hall–Kier alpha value is -1.75. The van der Waals surface area contributed by atoms with Crippen LogP contribution in [0, 0.1) is 0 Å². The van der Waals surface area contributed by atoms with Crippen LogP contribution in [0.4, 0.5) is 11.7 Å². The summed E-state index contributed by atoms with van der Waals surface area (Å²) in [6.07, 6.45) is 2.02. The monoisotopic (exact) mass is 247 g/mol. The molecule has 2 N–H and O–H groups in total. The normalized spacial score (nSPS) is 17.2. The molecule has 0 saturated carbocycles. The maximum atomic E-state index is 5.76. The number of aromatic nitrogens is 1. The number of rotatable bonds is 2. The van der Waals surface area contributed by atoms with Gasteiger partial charge in [0.15, 0.2) is 5.58 Å². The van der Waals surface area contributed by atoms with Crippen LogP contribution in [-0.2, 0) is 4.74 Å². The molecular weight excluding hydrogens is 230 g/mol. The van der Waals surface area contributed by atoms with Gasteiger partial charge in [0.25, 0.3) is 6.01 Å². The molecule has 0 bridgehead atoms. The minimum atomic E-state index is 0.434. The predicted molar refractivity (Wildman–Crippen MR) is 70.7 cm³/mol. The molecule has 2 aromatic rings. The zero-order valence-electron chi connectivity index (χ0n) is 10.4. The van der Waals surface area contributed by atoms with Crippen molar-refractivity contribution in [1.82, 2.24) is 4.98 Å². The Bertz CT molecular complexity index is 546. The Morgan fingerprint density at radius 1 is 1.33 bits per heavy atom. The predicted octanol–water partition coefficient (Wildman–Crippen LogP) is 2.03. The molecule has 5 heteroatoms. The van der Waals surface area contributed by atoms with Crippen LogP contribution in [0.2, 0.25) is 0 Å². The van der Waals surface area contributed by atoms with Gasteiger partial charge in [-0.15, -0.1) is 0 Å². The fourth-order valence-corrected chi connectivity index (χ4v) is 2.31. The molecule has 18 heavy (non-hydrogen) atoms. The molecule has 0 aliphatic carbocycles. The average Bonchev–Trinajstić information content (AvgIpc) is 2.81. The number of hydrogen-bond acceptors (Lipinski definition) is 5. The molecule has 1 aliphatic heterocycles. The van der Waals surface area contributed by atoms with Crippen molar-refractivity contribution in [2.75, 3.05) is 30.9 Å². The summed E-state index contributed by atoms with van der Waals surface area (Å²) in [6.45, 7) is 1.62. The minimum Gasteiger partial charge on any atom is -0.423 e. The van der Waals surface area contributed by atoms with Crippen molar-refractivity contribution in [2.24, 2.45) is 0 Å². The second-order valence-corrected chi connectivity index (χ2v) is 4.68. The molecule has 1 saturated heterocycles. The molecule has 1 aromatic heterocycles. The van der Waals surface area contributed by atoms with Crippen molar-refractivity contribution < 1.29 is 9.15 Å². The lowest BCUT2D eigenvalue weighted by Crippen LogP contribution is -2.36. The van der Waals surface area contributed by atoms with E-state index in [4.69, 9.17) is 14.9 Å². The fourth-order valence-electron chi connectivity index (χ4n) is 2.31. The fraction of sp³-hybridized carbons (Fsp3) is 0.462. The van der Waals surface area contributed by atoms with Crippen LogP contribution < -0.4 is 10.6 Å². The third-order valence-electron chi connectivity index (χ3n) is 3.44. The molecule has 96 valence electrons. The van der Waals surface area contributed by atoms with Crippen molar-refractivity contribution in [3.63, 3.8) is 0 Å². The quantitative estimate of drug-likeness (QED) is 0.822. The van der Waals surface area contributed by atoms with Gasteiger partial charge in [0.1, 0.15) is 5.52 Å². The molecule has 1 aromatic carbocycles. The van der Waals surface area contributed by atoms with Crippen LogP contribution in [0.1, 0.15) is 12.8 Å². The molecule has 1 fully saturated rings. The summed E-state index contributed by atoms with van der Waals surface area (Å²) >= 11 is 0. The Kier molecular flexibility index (Phi) is 2.83. The van der Waals surface area contributed by atoms with E-state index in [2.05, 4.69) is 9.88 Å². The van der Waals surface area contributed by atoms with Gasteiger partial charge in [-0.2, -0.15) is 4.98 Å². The molecule has 2 heterocycles. The first kappa shape index (κ1) is 11.3. The summed E-state index contributed by atoms with van der Waals surface area (Å²) in [4.78, 5) is 6.59. The third-order valence-corrected chi connectivity index (χ3v) is 3.44. The SMILES string of the molecule is CN(c1nc2ccc(N)cc2o1)C1CCOCC1. The summed E-state index contributed by atoms with van der Waals surface area (Å²) in [5, 5.41) is 0. The Morgan fingerprint density at radius 3 is 2.89 bits per heavy atom. The lowest BCUT2D eigenvalue weighted by atomic mass is 10.1. The van der Waals surface area contributed by atoms with E-state index in [0.717, 1.165) is 37.2 Å². The number of benzene rings is 1. The molecule has 0 spiro atoms. The first-order valence-corrected chi connectivity index (χ1v) is 6.21. The van der Waals surface area contributed by atoms with Gasteiger partial charge in [-0.25, -0.2) is 0 Å².